The Morgan fingerprint density at radius 2 is 0.920 bits per heavy atom. The molecule has 230 valence electrons. The minimum atomic E-state index is 0.560. The van der Waals surface area contributed by atoms with Crippen molar-refractivity contribution in [2.24, 2.45) is 0 Å². The Bertz CT molecular complexity index is 2970. The molecule has 0 amide bonds. The van der Waals surface area contributed by atoms with Crippen LogP contribution in [-0.4, -0.2) is 9.13 Å². The van der Waals surface area contributed by atoms with Crippen LogP contribution in [0.15, 0.2) is 152 Å². The summed E-state index contributed by atoms with van der Waals surface area (Å²) in [5.41, 5.74) is 11.8. The van der Waals surface area contributed by atoms with Crippen molar-refractivity contribution in [2.45, 2.75) is 0 Å². The molecule has 9 aromatic rings. The predicted molar refractivity (Wildman–Crippen MR) is 200 cm³/mol. The zero-order valence-electron chi connectivity index (χ0n) is 26.7. The molecule has 0 aliphatic rings. The van der Waals surface area contributed by atoms with Gasteiger partial charge >= 0.3 is 0 Å². The van der Waals surface area contributed by atoms with Crippen LogP contribution < -0.4 is 0 Å². The first kappa shape index (κ1) is 28.8. The molecule has 50 heavy (non-hydrogen) atoms. The van der Waals surface area contributed by atoms with Crippen LogP contribution >= 0.6 is 0 Å². The lowest BCUT2D eigenvalue weighted by molar-refractivity contribution is 1.18. The normalized spacial score (nSPS) is 11.1. The van der Waals surface area contributed by atoms with Gasteiger partial charge in [-0.25, -0.2) is 0 Å². The van der Waals surface area contributed by atoms with E-state index in [-0.39, 0.29) is 0 Å². The number of aromatic nitrogens is 2. The molecule has 0 saturated heterocycles. The predicted octanol–water partition coefficient (Wildman–Crippen LogP) is 10.8. The van der Waals surface area contributed by atoms with Crippen LogP contribution in [0.2, 0.25) is 0 Å². The number of fused-ring (bicyclic) bond motifs is 6. The molecular formula is C45H25N5. The lowest BCUT2D eigenvalue weighted by Gasteiger charge is -2.15. The zero-order valence-corrected chi connectivity index (χ0v) is 26.7. The fourth-order valence-corrected chi connectivity index (χ4v) is 7.37. The molecule has 9 rings (SSSR count). The highest BCUT2D eigenvalue weighted by atomic mass is 15.0. The molecule has 0 spiro atoms. The van der Waals surface area contributed by atoms with E-state index in [0.29, 0.717) is 16.7 Å². The average Bonchev–Trinajstić information content (AvgIpc) is 3.69. The minimum Gasteiger partial charge on any atom is -0.309 e. The Labute approximate surface area is 287 Å². The Kier molecular flexibility index (Phi) is 6.56. The van der Waals surface area contributed by atoms with Crippen molar-refractivity contribution in [1.29, 1.82) is 15.8 Å². The van der Waals surface area contributed by atoms with Crippen molar-refractivity contribution in [3.63, 3.8) is 0 Å². The van der Waals surface area contributed by atoms with Crippen LogP contribution in [0.4, 0.5) is 0 Å². The molecule has 0 fully saturated rings. The molecule has 0 unspecified atom stereocenters. The van der Waals surface area contributed by atoms with Gasteiger partial charge in [-0.3, -0.25) is 0 Å². The van der Waals surface area contributed by atoms with Gasteiger partial charge in [0.15, 0.2) is 0 Å². The van der Waals surface area contributed by atoms with Gasteiger partial charge in [-0.1, -0.05) is 72.8 Å². The van der Waals surface area contributed by atoms with Gasteiger partial charge in [0.05, 0.1) is 62.7 Å². The van der Waals surface area contributed by atoms with Crippen molar-refractivity contribution in [3.8, 4) is 51.8 Å². The molecule has 0 atom stereocenters. The summed E-state index contributed by atoms with van der Waals surface area (Å²) >= 11 is 0. The van der Waals surface area contributed by atoms with Crippen LogP contribution in [-0.2, 0) is 0 Å². The average molecular weight is 636 g/mol. The fourth-order valence-electron chi connectivity index (χ4n) is 7.37. The highest BCUT2D eigenvalue weighted by molar-refractivity contribution is 6.11. The number of hydrogen-bond acceptors (Lipinski definition) is 3. The maximum absolute atomic E-state index is 10.2. The van der Waals surface area contributed by atoms with Gasteiger partial charge in [-0.2, -0.15) is 15.8 Å². The Hall–Kier alpha value is -7.39. The minimum absolute atomic E-state index is 0.560. The molecule has 2 aromatic heterocycles. The third kappa shape index (κ3) is 4.45. The molecular weight excluding hydrogens is 611 g/mol. The maximum Gasteiger partial charge on any atom is 0.0992 e. The summed E-state index contributed by atoms with van der Waals surface area (Å²) in [4.78, 5) is 0. The monoisotopic (exact) mass is 635 g/mol. The number of nitrogens with zero attached hydrogens (tertiary/aromatic N) is 5. The summed E-state index contributed by atoms with van der Waals surface area (Å²) in [6.07, 6.45) is 0. The Morgan fingerprint density at radius 1 is 0.360 bits per heavy atom. The van der Waals surface area contributed by atoms with E-state index >= 15 is 0 Å². The first-order chi connectivity index (χ1) is 24.6. The number of hydrogen-bond donors (Lipinski definition) is 0. The number of nitriles is 3. The molecule has 0 aliphatic heterocycles. The van der Waals surface area contributed by atoms with E-state index < -0.39 is 0 Å². The van der Waals surface area contributed by atoms with Crippen LogP contribution in [0, 0.1) is 34.0 Å². The van der Waals surface area contributed by atoms with Gasteiger partial charge in [-0.15, -0.1) is 0 Å². The third-order valence-electron chi connectivity index (χ3n) is 9.56. The number of para-hydroxylation sites is 3. The maximum atomic E-state index is 10.2. The second-order valence-electron chi connectivity index (χ2n) is 12.4. The summed E-state index contributed by atoms with van der Waals surface area (Å²) in [5, 5.41) is 33.6. The highest BCUT2D eigenvalue weighted by Gasteiger charge is 2.18. The van der Waals surface area contributed by atoms with E-state index in [1.807, 2.05) is 72.8 Å². The van der Waals surface area contributed by atoms with Crippen molar-refractivity contribution < 1.29 is 0 Å². The number of rotatable bonds is 4. The summed E-state index contributed by atoms with van der Waals surface area (Å²) in [6, 6.07) is 57.9. The second kappa shape index (κ2) is 11.4. The van der Waals surface area contributed by atoms with E-state index in [1.165, 1.54) is 0 Å². The molecule has 0 bridgehead atoms. The van der Waals surface area contributed by atoms with Crippen LogP contribution in [0.1, 0.15) is 16.7 Å². The van der Waals surface area contributed by atoms with Gasteiger partial charge in [0.2, 0.25) is 0 Å². The van der Waals surface area contributed by atoms with Crippen molar-refractivity contribution in [2.75, 3.05) is 0 Å². The van der Waals surface area contributed by atoms with Crippen LogP contribution in [0.25, 0.3) is 77.2 Å². The summed E-state index contributed by atoms with van der Waals surface area (Å²) in [7, 11) is 0. The fraction of sp³-hybridized carbons (Fsp3) is 0. The lowest BCUT2D eigenvalue weighted by Crippen LogP contribution is -1.97. The van der Waals surface area contributed by atoms with Gasteiger partial charge < -0.3 is 9.13 Å². The quantitative estimate of drug-likeness (QED) is 0.193. The van der Waals surface area contributed by atoms with Gasteiger partial charge in [0, 0.05) is 32.8 Å². The van der Waals surface area contributed by atoms with Crippen LogP contribution in [0.3, 0.4) is 0 Å². The molecule has 0 aliphatic carbocycles. The van der Waals surface area contributed by atoms with E-state index in [2.05, 4.69) is 106 Å². The van der Waals surface area contributed by atoms with Gasteiger partial charge in [0.1, 0.15) is 0 Å². The highest BCUT2D eigenvalue weighted by Crippen LogP contribution is 2.39. The molecule has 5 heteroatoms. The summed E-state index contributed by atoms with van der Waals surface area (Å²) < 4.78 is 4.46. The molecule has 0 N–H and O–H groups in total. The van der Waals surface area contributed by atoms with E-state index in [4.69, 9.17) is 0 Å². The third-order valence-corrected chi connectivity index (χ3v) is 9.56. The molecule has 7 aromatic carbocycles. The van der Waals surface area contributed by atoms with Crippen molar-refractivity contribution >= 4 is 43.6 Å². The smallest absolute Gasteiger partial charge is 0.0992 e. The largest absolute Gasteiger partial charge is 0.309 e. The van der Waals surface area contributed by atoms with E-state index in [9.17, 15) is 15.8 Å². The Balaban J connectivity index is 1.22. The topological polar surface area (TPSA) is 81.2 Å². The number of benzene rings is 7. The van der Waals surface area contributed by atoms with Gasteiger partial charge in [-0.05, 0) is 95.6 Å². The summed E-state index contributed by atoms with van der Waals surface area (Å²) in [5.74, 6) is 0. The zero-order chi connectivity index (χ0) is 33.8. The lowest BCUT2D eigenvalue weighted by atomic mass is 9.96. The van der Waals surface area contributed by atoms with Gasteiger partial charge in [0.25, 0.3) is 0 Å². The summed E-state index contributed by atoms with van der Waals surface area (Å²) in [6.45, 7) is 0. The van der Waals surface area contributed by atoms with Crippen LogP contribution in [0.5, 0.6) is 0 Å². The molecule has 2 heterocycles. The van der Waals surface area contributed by atoms with Crippen molar-refractivity contribution in [3.05, 3.63) is 168 Å². The first-order valence-electron chi connectivity index (χ1n) is 16.3. The van der Waals surface area contributed by atoms with E-state index in [0.717, 1.165) is 77.2 Å². The molecule has 0 radical (unpaired) electrons. The first-order valence-corrected chi connectivity index (χ1v) is 16.3. The van der Waals surface area contributed by atoms with Crippen molar-refractivity contribution in [1.82, 2.24) is 9.13 Å². The second-order valence-corrected chi connectivity index (χ2v) is 12.4. The molecule has 0 saturated carbocycles. The van der Waals surface area contributed by atoms with E-state index in [1.54, 1.807) is 0 Å². The SMILES string of the molecule is N#Cc1cc(-c2cccc(-c3ccccc3-n3c4ccccc4c4cc(C#N)ccc43)c2)cc(-n2c3ccccc3c3cc(C#N)ccc32)c1. The standard InChI is InChI=1S/C45H25N5/c46-26-29-16-18-44-39(22-29)37-11-2-5-14-42(37)49(44)35-21-31(28-48)20-34(25-35)32-8-7-9-33(24-32)36-10-1-4-13-41(36)50-43-15-6-3-12-38(43)40-23-30(27-47)17-19-45(40)50/h1-25H. The Morgan fingerprint density at radius 3 is 1.60 bits per heavy atom. The molecule has 5 nitrogen and oxygen atoms in total.